The topological polar surface area (TPSA) is 70.2 Å². The first kappa shape index (κ1) is 17.2. The van der Waals surface area contributed by atoms with E-state index >= 15 is 0 Å². The highest BCUT2D eigenvalue weighted by molar-refractivity contribution is 6.21. The fourth-order valence-corrected chi connectivity index (χ4v) is 4.41. The molecule has 0 saturated carbocycles. The Hall–Kier alpha value is -3.73. The van der Waals surface area contributed by atoms with E-state index in [2.05, 4.69) is 77.1 Å². The summed E-state index contributed by atoms with van der Waals surface area (Å²) >= 11 is 0. The smallest absolute Gasteiger partial charge is 0.141 e. The third kappa shape index (κ3) is 2.32. The molecule has 5 nitrogen and oxygen atoms in total. The van der Waals surface area contributed by atoms with Gasteiger partial charge in [0.15, 0.2) is 0 Å². The lowest BCUT2D eigenvalue weighted by Crippen LogP contribution is -2.13. The maximum atomic E-state index is 5.11. The number of para-hydroxylation sites is 1. The van der Waals surface area contributed by atoms with Gasteiger partial charge < -0.3 is 9.97 Å². The van der Waals surface area contributed by atoms with Crippen molar-refractivity contribution in [3.63, 3.8) is 0 Å². The molecular weight excluding hydrogens is 370 g/mol. The van der Waals surface area contributed by atoms with Gasteiger partial charge in [0.05, 0.1) is 22.1 Å². The number of nitrogens with zero attached hydrogens (tertiary/aromatic N) is 3. The van der Waals surface area contributed by atoms with Crippen LogP contribution >= 0.6 is 0 Å². The van der Waals surface area contributed by atoms with Crippen LogP contribution in [0.2, 0.25) is 0 Å². The molecule has 0 amide bonds. The molecule has 4 heterocycles. The number of hydrogen-bond acceptors (Lipinski definition) is 3. The van der Waals surface area contributed by atoms with E-state index in [-0.39, 0.29) is 5.41 Å². The summed E-state index contributed by atoms with van der Waals surface area (Å²) in [6.07, 6.45) is 3.63. The fourth-order valence-electron chi connectivity index (χ4n) is 4.41. The van der Waals surface area contributed by atoms with Crippen molar-refractivity contribution in [2.45, 2.75) is 26.2 Å². The SMILES string of the molecule is CC(C)(C)c1[nH]c2ccccc2c1-c1nc2c3cccnc3c3ncccc3c2[nH]1. The van der Waals surface area contributed by atoms with Crippen LogP contribution in [-0.4, -0.2) is 24.9 Å². The van der Waals surface area contributed by atoms with E-state index in [0.717, 1.165) is 49.7 Å². The zero-order valence-corrected chi connectivity index (χ0v) is 17.1. The van der Waals surface area contributed by atoms with Crippen LogP contribution < -0.4 is 0 Å². The second-order valence-electron chi connectivity index (χ2n) is 8.78. The molecule has 6 aromatic rings. The standard InChI is InChI=1S/C25H21N5/c1-25(2,3)23-18(14-8-4-5-11-17(14)28-23)24-29-21-15-9-6-12-26-19(15)20-16(22(21)30-24)10-7-13-27-20/h4-13,28H,1-3H3,(H,29,30). The molecule has 0 radical (unpaired) electrons. The Balaban J connectivity index is 1.78. The van der Waals surface area contributed by atoms with Crippen LogP contribution in [0.4, 0.5) is 0 Å². The number of aromatic nitrogens is 5. The first-order valence-electron chi connectivity index (χ1n) is 10.1. The van der Waals surface area contributed by atoms with Crippen molar-refractivity contribution in [3.8, 4) is 11.4 Å². The van der Waals surface area contributed by atoms with Crippen molar-refractivity contribution < 1.29 is 0 Å². The Labute approximate surface area is 173 Å². The first-order chi connectivity index (χ1) is 14.5. The lowest BCUT2D eigenvalue weighted by molar-refractivity contribution is 0.575. The Kier molecular flexibility index (Phi) is 3.37. The van der Waals surface area contributed by atoms with Gasteiger partial charge in [0.25, 0.3) is 0 Å². The number of aromatic amines is 2. The van der Waals surface area contributed by atoms with Gasteiger partial charge in [-0.05, 0) is 30.3 Å². The molecule has 0 saturated heterocycles. The van der Waals surface area contributed by atoms with E-state index in [4.69, 9.17) is 4.98 Å². The molecule has 6 rings (SSSR count). The van der Waals surface area contributed by atoms with Crippen LogP contribution in [0, 0.1) is 0 Å². The van der Waals surface area contributed by atoms with Crippen molar-refractivity contribution >= 4 is 43.7 Å². The molecule has 0 aliphatic carbocycles. The van der Waals surface area contributed by atoms with E-state index < -0.39 is 0 Å². The maximum absolute atomic E-state index is 5.11. The van der Waals surface area contributed by atoms with Crippen LogP contribution in [0.15, 0.2) is 60.9 Å². The lowest BCUT2D eigenvalue weighted by atomic mass is 9.88. The van der Waals surface area contributed by atoms with Gasteiger partial charge in [-0.1, -0.05) is 39.0 Å². The van der Waals surface area contributed by atoms with Crippen LogP contribution in [-0.2, 0) is 5.41 Å². The van der Waals surface area contributed by atoms with Crippen LogP contribution in [0.1, 0.15) is 26.5 Å². The maximum Gasteiger partial charge on any atom is 0.141 e. The third-order valence-corrected chi connectivity index (χ3v) is 5.76. The zero-order chi connectivity index (χ0) is 20.5. The van der Waals surface area contributed by atoms with Crippen LogP contribution in [0.25, 0.3) is 55.1 Å². The first-order valence-corrected chi connectivity index (χ1v) is 10.1. The van der Waals surface area contributed by atoms with Crippen molar-refractivity contribution in [1.82, 2.24) is 24.9 Å². The zero-order valence-electron chi connectivity index (χ0n) is 17.1. The second kappa shape index (κ2) is 5.89. The molecule has 0 aliphatic rings. The second-order valence-corrected chi connectivity index (χ2v) is 8.78. The molecular formula is C25H21N5. The molecule has 146 valence electrons. The lowest BCUT2D eigenvalue weighted by Gasteiger charge is -2.18. The van der Waals surface area contributed by atoms with Gasteiger partial charge in [0.1, 0.15) is 5.82 Å². The summed E-state index contributed by atoms with van der Waals surface area (Å²) in [7, 11) is 0. The van der Waals surface area contributed by atoms with E-state index in [0.29, 0.717) is 0 Å². The monoisotopic (exact) mass is 391 g/mol. The predicted octanol–water partition coefficient (Wildman–Crippen LogP) is 6.11. The minimum atomic E-state index is -0.0550. The molecule has 0 atom stereocenters. The summed E-state index contributed by atoms with van der Waals surface area (Å²) in [5.74, 6) is 0.869. The number of fused-ring (bicyclic) bond motifs is 7. The molecule has 5 heteroatoms. The van der Waals surface area contributed by atoms with Gasteiger partial charge in [-0.25, -0.2) is 4.98 Å². The fraction of sp³-hybridized carbons (Fsp3) is 0.160. The molecule has 30 heavy (non-hydrogen) atoms. The minimum Gasteiger partial charge on any atom is -0.357 e. The van der Waals surface area contributed by atoms with Gasteiger partial charge >= 0.3 is 0 Å². The quantitative estimate of drug-likeness (QED) is 0.332. The number of imidazole rings is 1. The Morgan fingerprint density at radius 3 is 2.13 bits per heavy atom. The summed E-state index contributed by atoms with van der Waals surface area (Å²) < 4.78 is 0. The van der Waals surface area contributed by atoms with Crippen molar-refractivity contribution in [1.29, 1.82) is 0 Å². The number of pyridine rings is 2. The highest BCUT2D eigenvalue weighted by Gasteiger charge is 2.26. The van der Waals surface area contributed by atoms with Gasteiger partial charge in [-0.2, -0.15) is 0 Å². The molecule has 0 spiro atoms. The predicted molar refractivity (Wildman–Crippen MR) is 123 cm³/mol. The summed E-state index contributed by atoms with van der Waals surface area (Å²) in [5, 5.41) is 3.22. The van der Waals surface area contributed by atoms with Crippen molar-refractivity contribution in [2.75, 3.05) is 0 Å². The average molecular weight is 391 g/mol. The molecule has 2 aromatic carbocycles. The van der Waals surface area contributed by atoms with E-state index in [1.807, 2.05) is 24.5 Å². The van der Waals surface area contributed by atoms with Crippen LogP contribution in [0.5, 0.6) is 0 Å². The molecule has 2 N–H and O–H groups in total. The largest absolute Gasteiger partial charge is 0.357 e. The molecule has 0 bridgehead atoms. The van der Waals surface area contributed by atoms with Crippen molar-refractivity contribution in [2.24, 2.45) is 0 Å². The minimum absolute atomic E-state index is 0.0550. The van der Waals surface area contributed by atoms with E-state index in [1.54, 1.807) is 0 Å². The highest BCUT2D eigenvalue weighted by Crippen LogP contribution is 2.40. The van der Waals surface area contributed by atoms with E-state index in [9.17, 15) is 0 Å². The van der Waals surface area contributed by atoms with Gasteiger partial charge in [0.2, 0.25) is 0 Å². The summed E-state index contributed by atoms with van der Waals surface area (Å²) in [4.78, 5) is 21.6. The average Bonchev–Trinajstić information content (AvgIpc) is 3.36. The highest BCUT2D eigenvalue weighted by atomic mass is 14.9. The number of nitrogens with one attached hydrogen (secondary N) is 2. The molecule has 0 fully saturated rings. The summed E-state index contributed by atoms with van der Waals surface area (Å²) in [5.41, 5.74) is 7.07. The van der Waals surface area contributed by atoms with Crippen molar-refractivity contribution in [3.05, 3.63) is 66.6 Å². The number of benzene rings is 2. The van der Waals surface area contributed by atoms with Gasteiger partial charge in [-0.15, -0.1) is 0 Å². The Bertz CT molecular complexity index is 1510. The molecule has 0 unspecified atom stereocenters. The van der Waals surface area contributed by atoms with E-state index in [1.165, 1.54) is 11.1 Å². The Morgan fingerprint density at radius 2 is 1.37 bits per heavy atom. The number of hydrogen-bond donors (Lipinski definition) is 2. The van der Waals surface area contributed by atoms with Gasteiger partial charge in [0, 0.05) is 50.7 Å². The number of rotatable bonds is 1. The summed E-state index contributed by atoms with van der Waals surface area (Å²) in [6.45, 7) is 6.67. The molecule has 0 aliphatic heterocycles. The van der Waals surface area contributed by atoms with Gasteiger partial charge in [-0.3, -0.25) is 9.97 Å². The Morgan fingerprint density at radius 1 is 0.700 bits per heavy atom. The third-order valence-electron chi connectivity index (χ3n) is 5.76. The summed E-state index contributed by atoms with van der Waals surface area (Å²) in [6, 6.07) is 16.5. The molecule has 4 aromatic heterocycles. The number of H-pyrrole nitrogens is 2. The van der Waals surface area contributed by atoms with Crippen LogP contribution in [0.3, 0.4) is 0 Å². The normalized spacial score (nSPS) is 12.5.